The number of pyridine rings is 1. The van der Waals surface area contributed by atoms with Crippen LogP contribution in [0.4, 0.5) is 0 Å². The second-order valence-electron chi connectivity index (χ2n) is 5.90. The number of methoxy groups -OCH3 is 1. The molecule has 0 amide bonds. The molecule has 0 spiro atoms. The van der Waals surface area contributed by atoms with Gasteiger partial charge in [-0.15, -0.1) is 0 Å². The summed E-state index contributed by atoms with van der Waals surface area (Å²) in [7, 11) is 1.48. The van der Waals surface area contributed by atoms with E-state index in [1.54, 1.807) is 0 Å². The molecule has 0 aliphatic carbocycles. The molecule has 22 heavy (non-hydrogen) atoms. The predicted octanol–water partition coefficient (Wildman–Crippen LogP) is 3.92. The Morgan fingerprint density at radius 3 is 2.77 bits per heavy atom. The Kier molecular flexibility index (Phi) is 6.83. The highest BCUT2D eigenvalue weighted by atomic mass is 79.9. The third-order valence-corrected chi connectivity index (χ3v) is 4.87. The first-order chi connectivity index (χ1) is 10.7. The summed E-state index contributed by atoms with van der Waals surface area (Å²) in [5, 5.41) is 0. The molecule has 0 atom stereocenters. The quantitative estimate of drug-likeness (QED) is 0.415. The van der Waals surface area contributed by atoms with Gasteiger partial charge in [-0.1, -0.05) is 18.9 Å². The molecule has 1 aromatic heterocycles. The molecule has 1 aliphatic rings. The van der Waals surface area contributed by atoms with Crippen molar-refractivity contribution in [1.82, 2.24) is 4.98 Å². The summed E-state index contributed by atoms with van der Waals surface area (Å²) in [5.41, 5.74) is 0.796. The first-order valence-corrected chi connectivity index (χ1v) is 8.73. The first-order valence-electron chi connectivity index (χ1n) is 7.94. The topological polar surface area (TPSA) is 48.4 Å². The van der Waals surface area contributed by atoms with E-state index in [-0.39, 0.29) is 11.4 Å². The van der Waals surface area contributed by atoms with Crippen molar-refractivity contribution in [3.05, 3.63) is 28.5 Å². The maximum absolute atomic E-state index is 12.1. The van der Waals surface area contributed by atoms with Crippen LogP contribution in [0.25, 0.3) is 0 Å². The minimum absolute atomic E-state index is 0.0653. The van der Waals surface area contributed by atoms with E-state index in [4.69, 9.17) is 9.47 Å². The summed E-state index contributed by atoms with van der Waals surface area (Å²) >= 11 is 3.39. The number of esters is 1. The lowest BCUT2D eigenvalue weighted by atomic mass is 9.76. The zero-order valence-corrected chi connectivity index (χ0v) is 14.7. The summed E-state index contributed by atoms with van der Waals surface area (Å²) in [4.78, 5) is 16.6. The van der Waals surface area contributed by atoms with E-state index in [1.807, 2.05) is 12.1 Å². The normalized spacial score (nSPS) is 17.2. The van der Waals surface area contributed by atoms with Gasteiger partial charge < -0.3 is 9.47 Å². The lowest BCUT2D eigenvalue weighted by Gasteiger charge is -2.34. The second kappa shape index (κ2) is 8.63. The van der Waals surface area contributed by atoms with Gasteiger partial charge in [-0.2, -0.15) is 0 Å². The Labute approximate surface area is 140 Å². The van der Waals surface area contributed by atoms with Crippen LogP contribution in [0.1, 0.15) is 44.2 Å². The number of aryl methyl sites for hydroxylation is 1. The van der Waals surface area contributed by atoms with Gasteiger partial charge in [0.15, 0.2) is 0 Å². The molecule has 2 heterocycles. The van der Waals surface area contributed by atoms with Gasteiger partial charge >= 0.3 is 5.97 Å². The standard InChI is InChI=1S/C17H24BrNO3/c1-21-16(20)17(10-12-22-13-11-17)9-4-2-3-6-14-7-5-8-15(18)19-14/h5,7-8H,2-4,6,9-13H2,1H3. The van der Waals surface area contributed by atoms with Gasteiger partial charge in [-0.25, -0.2) is 4.98 Å². The molecule has 0 aromatic carbocycles. The fraction of sp³-hybridized carbons (Fsp3) is 0.647. The van der Waals surface area contributed by atoms with Gasteiger partial charge in [0.2, 0.25) is 0 Å². The van der Waals surface area contributed by atoms with Crippen LogP contribution in [-0.4, -0.2) is 31.3 Å². The van der Waals surface area contributed by atoms with Gasteiger partial charge in [0.25, 0.3) is 0 Å². The largest absolute Gasteiger partial charge is 0.469 e. The molecule has 0 saturated carbocycles. The number of hydrogen-bond donors (Lipinski definition) is 0. The van der Waals surface area contributed by atoms with Crippen LogP contribution in [0.2, 0.25) is 0 Å². The number of carbonyl (C=O) groups is 1. The molecule has 122 valence electrons. The first kappa shape index (κ1) is 17.4. The number of unbranched alkanes of at least 4 members (excludes halogenated alkanes) is 2. The maximum atomic E-state index is 12.1. The molecule has 0 bridgehead atoms. The SMILES string of the molecule is COC(=O)C1(CCCCCc2cccc(Br)n2)CCOCC1. The van der Waals surface area contributed by atoms with Crippen molar-refractivity contribution >= 4 is 21.9 Å². The van der Waals surface area contributed by atoms with Crippen molar-refractivity contribution in [2.45, 2.75) is 44.9 Å². The van der Waals surface area contributed by atoms with E-state index in [1.165, 1.54) is 7.11 Å². The number of carbonyl (C=O) groups excluding carboxylic acids is 1. The predicted molar refractivity (Wildman–Crippen MR) is 88.6 cm³/mol. The Balaban J connectivity index is 1.75. The van der Waals surface area contributed by atoms with E-state index in [0.717, 1.165) is 55.2 Å². The van der Waals surface area contributed by atoms with E-state index in [9.17, 15) is 4.79 Å². The monoisotopic (exact) mass is 369 g/mol. The molecule has 5 heteroatoms. The van der Waals surface area contributed by atoms with E-state index >= 15 is 0 Å². The van der Waals surface area contributed by atoms with Crippen LogP contribution in [0, 0.1) is 5.41 Å². The average molecular weight is 370 g/mol. The lowest BCUT2D eigenvalue weighted by molar-refractivity contribution is -0.159. The Morgan fingerprint density at radius 1 is 1.32 bits per heavy atom. The van der Waals surface area contributed by atoms with E-state index in [0.29, 0.717) is 13.2 Å². The van der Waals surface area contributed by atoms with Crippen LogP contribution >= 0.6 is 15.9 Å². The molecule has 0 N–H and O–H groups in total. The number of hydrogen-bond acceptors (Lipinski definition) is 4. The summed E-state index contributed by atoms with van der Waals surface area (Å²) < 4.78 is 11.3. The molecule has 0 unspecified atom stereocenters. The third kappa shape index (κ3) is 4.78. The molecule has 2 rings (SSSR count). The Morgan fingerprint density at radius 2 is 2.09 bits per heavy atom. The highest BCUT2D eigenvalue weighted by Gasteiger charge is 2.40. The van der Waals surface area contributed by atoms with Crippen LogP contribution in [-0.2, 0) is 20.7 Å². The van der Waals surface area contributed by atoms with Crippen LogP contribution in [0.3, 0.4) is 0 Å². The Hall–Kier alpha value is -0.940. The summed E-state index contributed by atoms with van der Waals surface area (Å²) in [6, 6.07) is 6.01. The number of nitrogens with zero attached hydrogens (tertiary/aromatic N) is 1. The van der Waals surface area contributed by atoms with Gasteiger partial charge in [0.05, 0.1) is 12.5 Å². The van der Waals surface area contributed by atoms with E-state index in [2.05, 4.69) is 27.0 Å². The fourth-order valence-corrected chi connectivity index (χ4v) is 3.45. The fourth-order valence-electron chi connectivity index (χ4n) is 3.07. The van der Waals surface area contributed by atoms with Crippen molar-refractivity contribution in [3.63, 3.8) is 0 Å². The summed E-state index contributed by atoms with van der Waals surface area (Å²) in [6.45, 7) is 1.33. The molecular weight excluding hydrogens is 346 g/mol. The zero-order valence-electron chi connectivity index (χ0n) is 13.1. The maximum Gasteiger partial charge on any atom is 0.311 e. The smallest absolute Gasteiger partial charge is 0.311 e. The molecule has 1 aliphatic heterocycles. The number of rotatable bonds is 7. The molecule has 4 nitrogen and oxygen atoms in total. The summed E-state index contributed by atoms with van der Waals surface area (Å²) in [6.07, 6.45) is 6.69. The van der Waals surface area contributed by atoms with Crippen molar-refractivity contribution in [2.24, 2.45) is 5.41 Å². The minimum Gasteiger partial charge on any atom is -0.469 e. The van der Waals surface area contributed by atoms with Crippen molar-refractivity contribution in [1.29, 1.82) is 0 Å². The third-order valence-electron chi connectivity index (χ3n) is 4.43. The number of ether oxygens (including phenoxy) is 2. The molecule has 0 radical (unpaired) electrons. The average Bonchev–Trinajstić information content (AvgIpc) is 2.54. The van der Waals surface area contributed by atoms with Crippen LogP contribution in [0.5, 0.6) is 0 Å². The van der Waals surface area contributed by atoms with Crippen molar-refractivity contribution in [2.75, 3.05) is 20.3 Å². The number of aromatic nitrogens is 1. The highest BCUT2D eigenvalue weighted by molar-refractivity contribution is 9.10. The Bertz CT molecular complexity index is 487. The van der Waals surface area contributed by atoms with Gasteiger partial charge in [0.1, 0.15) is 4.60 Å². The van der Waals surface area contributed by atoms with Crippen LogP contribution < -0.4 is 0 Å². The van der Waals surface area contributed by atoms with E-state index < -0.39 is 0 Å². The second-order valence-corrected chi connectivity index (χ2v) is 6.71. The zero-order chi connectivity index (χ0) is 15.8. The molecule has 1 saturated heterocycles. The highest BCUT2D eigenvalue weighted by Crippen LogP contribution is 2.37. The van der Waals surface area contributed by atoms with Crippen molar-refractivity contribution in [3.8, 4) is 0 Å². The van der Waals surface area contributed by atoms with Crippen molar-refractivity contribution < 1.29 is 14.3 Å². The minimum atomic E-state index is -0.318. The summed E-state index contributed by atoms with van der Waals surface area (Å²) in [5.74, 6) is -0.0653. The van der Waals surface area contributed by atoms with Gasteiger partial charge in [-0.3, -0.25) is 4.79 Å². The number of halogens is 1. The molecule has 1 fully saturated rings. The van der Waals surface area contributed by atoms with Crippen LogP contribution in [0.15, 0.2) is 22.8 Å². The molecular formula is C17H24BrNO3. The molecule has 1 aromatic rings. The van der Waals surface area contributed by atoms with Gasteiger partial charge in [0, 0.05) is 18.9 Å². The van der Waals surface area contributed by atoms with Gasteiger partial charge in [-0.05, 0) is 60.2 Å². The lowest BCUT2D eigenvalue weighted by Crippen LogP contribution is -2.38.